The van der Waals surface area contributed by atoms with Crippen molar-refractivity contribution in [3.8, 4) is 5.75 Å². The van der Waals surface area contributed by atoms with Gasteiger partial charge in [-0.15, -0.1) is 0 Å². The standard InChI is InChI=1S/C20H26N2O2/c1-14(2)18(16-9-11-17(24-3)12-10-16)19(21)20(23)22-13-15-7-5-4-6-8-15/h4-12,14,18-19H,13,21H2,1-3H3,(H,22,23)/i19D. The number of ether oxygens (including phenoxy) is 1. The lowest BCUT2D eigenvalue weighted by molar-refractivity contribution is -0.123. The highest BCUT2D eigenvalue weighted by molar-refractivity contribution is 5.82. The van der Waals surface area contributed by atoms with Crippen LogP contribution in [0, 0.1) is 5.92 Å². The molecule has 0 spiro atoms. The first-order chi connectivity index (χ1) is 11.9. The molecule has 0 aliphatic carbocycles. The molecule has 0 heterocycles. The van der Waals surface area contributed by atoms with Gasteiger partial charge in [0.25, 0.3) is 0 Å². The van der Waals surface area contributed by atoms with Crippen LogP contribution in [0.1, 0.15) is 32.3 Å². The van der Waals surface area contributed by atoms with E-state index in [2.05, 4.69) is 5.32 Å². The summed E-state index contributed by atoms with van der Waals surface area (Å²) in [4.78, 5) is 12.6. The zero-order chi connectivity index (χ0) is 18.4. The van der Waals surface area contributed by atoms with E-state index in [4.69, 9.17) is 11.8 Å². The van der Waals surface area contributed by atoms with Gasteiger partial charge >= 0.3 is 0 Å². The summed E-state index contributed by atoms with van der Waals surface area (Å²) in [7, 11) is 1.60. The highest BCUT2D eigenvalue weighted by atomic mass is 16.5. The predicted molar refractivity (Wildman–Crippen MR) is 96.8 cm³/mol. The Labute approximate surface area is 145 Å². The quantitative estimate of drug-likeness (QED) is 0.821. The summed E-state index contributed by atoms with van der Waals surface area (Å²) < 4.78 is 13.7. The molecule has 128 valence electrons. The maximum Gasteiger partial charge on any atom is 0.237 e. The van der Waals surface area contributed by atoms with E-state index in [1.807, 2.05) is 68.4 Å². The molecule has 0 bridgehead atoms. The molecule has 2 unspecified atom stereocenters. The minimum Gasteiger partial charge on any atom is -0.497 e. The highest BCUT2D eigenvalue weighted by Gasteiger charge is 2.28. The molecular weight excluding hydrogens is 300 g/mol. The Morgan fingerprint density at radius 1 is 1.17 bits per heavy atom. The fraction of sp³-hybridized carbons (Fsp3) is 0.350. The van der Waals surface area contributed by atoms with Crippen LogP contribution in [-0.4, -0.2) is 19.0 Å². The van der Waals surface area contributed by atoms with Crippen LogP contribution in [-0.2, 0) is 11.3 Å². The van der Waals surface area contributed by atoms with Crippen LogP contribution in [0.15, 0.2) is 54.6 Å². The second-order valence-electron chi connectivity index (χ2n) is 6.12. The molecule has 4 heteroatoms. The van der Waals surface area contributed by atoms with Gasteiger partial charge in [0.2, 0.25) is 5.91 Å². The van der Waals surface area contributed by atoms with E-state index in [1.165, 1.54) is 0 Å². The monoisotopic (exact) mass is 327 g/mol. The van der Waals surface area contributed by atoms with Gasteiger partial charge in [-0.05, 0) is 29.2 Å². The van der Waals surface area contributed by atoms with E-state index in [9.17, 15) is 4.79 Å². The fourth-order valence-corrected chi connectivity index (χ4v) is 2.76. The molecule has 3 N–H and O–H groups in total. The van der Waals surface area contributed by atoms with E-state index < -0.39 is 17.8 Å². The van der Waals surface area contributed by atoms with Gasteiger partial charge in [0.1, 0.15) is 5.75 Å². The normalized spacial score (nSPS) is 15.3. The average Bonchev–Trinajstić information content (AvgIpc) is 2.60. The van der Waals surface area contributed by atoms with Gasteiger partial charge in [0.15, 0.2) is 0 Å². The topological polar surface area (TPSA) is 64.4 Å². The highest BCUT2D eigenvalue weighted by Crippen LogP contribution is 2.28. The number of methoxy groups -OCH3 is 1. The van der Waals surface area contributed by atoms with Crippen molar-refractivity contribution in [1.82, 2.24) is 5.32 Å². The van der Waals surface area contributed by atoms with Gasteiger partial charge in [-0.2, -0.15) is 0 Å². The largest absolute Gasteiger partial charge is 0.497 e. The summed E-state index contributed by atoms with van der Waals surface area (Å²) in [5.74, 6) is -0.161. The van der Waals surface area contributed by atoms with Crippen LogP contribution in [0.5, 0.6) is 5.75 Å². The van der Waals surface area contributed by atoms with Gasteiger partial charge in [-0.25, -0.2) is 0 Å². The number of benzene rings is 2. The van der Waals surface area contributed by atoms with E-state index >= 15 is 0 Å². The molecule has 0 fully saturated rings. The molecule has 2 rings (SSSR count). The number of amides is 1. The van der Waals surface area contributed by atoms with Crippen LogP contribution < -0.4 is 15.8 Å². The number of carbonyl (C=O) groups is 1. The van der Waals surface area contributed by atoms with Crippen molar-refractivity contribution in [2.75, 3.05) is 7.11 Å². The molecule has 2 atom stereocenters. The van der Waals surface area contributed by atoms with Crippen LogP contribution in [0.3, 0.4) is 0 Å². The smallest absolute Gasteiger partial charge is 0.237 e. The van der Waals surface area contributed by atoms with Crippen LogP contribution in [0.2, 0.25) is 0 Å². The molecule has 0 saturated carbocycles. The third-order valence-electron chi connectivity index (χ3n) is 4.03. The molecule has 0 aromatic heterocycles. The minimum atomic E-state index is -1.77. The van der Waals surface area contributed by atoms with E-state index in [-0.39, 0.29) is 5.92 Å². The van der Waals surface area contributed by atoms with Crippen LogP contribution in [0.25, 0.3) is 0 Å². The number of nitrogens with two attached hydrogens (primary N) is 1. The lowest BCUT2D eigenvalue weighted by Gasteiger charge is -2.27. The third-order valence-corrected chi connectivity index (χ3v) is 4.03. The number of hydrogen-bond acceptors (Lipinski definition) is 3. The first kappa shape index (κ1) is 16.5. The van der Waals surface area contributed by atoms with E-state index in [0.717, 1.165) is 16.9 Å². The molecule has 4 nitrogen and oxygen atoms in total. The zero-order valence-corrected chi connectivity index (χ0v) is 14.5. The molecule has 2 aromatic carbocycles. The van der Waals surface area contributed by atoms with Crippen molar-refractivity contribution in [2.24, 2.45) is 11.7 Å². The summed E-state index contributed by atoms with van der Waals surface area (Å²) >= 11 is 0. The first-order valence-electron chi connectivity index (χ1n) is 8.61. The Kier molecular flexibility index (Phi) is 5.85. The summed E-state index contributed by atoms with van der Waals surface area (Å²) in [5, 5.41) is 2.79. The first-order valence-corrected chi connectivity index (χ1v) is 8.11. The summed E-state index contributed by atoms with van der Waals surface area (Å²) in [6.07, 6.45) is 0. The molecule has 2 aromatic rings. The number of nitrogens with one attached hydrogen (secondary N) is 1. The Hall–Kier alpha value is -2.33. The molecule has 0 saturated heterocycles. The van der Waals surface area contributed by atoms with E-state index in [1.54, 1.807) is 7.11 Å². The van der Waals surface area contributed by atoms with Crippen molar-refractivity contribution in [3.63, 3.8) is 0 Å². The Morgan fingerprint density at radius 3 is 2.33 bits per heavy atom. The molecular formula is C20H26N2O2. The predicted octanol–water partition coefficient (Wildman–Crippen LogP) is 3.08. The fourth-order valence-electron chi connectivity index (χ4n) is 2.76. The molecule has 0 aliphatic heterocycles. The van der Waals surface area contributed by atoms with Crippen molar-refractivity contribution in [1.29, 1.82) is 0 Å². The summed E-state index contributed by atoms with van der Waals surface area (Å²) in [5.41, 5.74) is 8.02. The lowest BCUT2D eigenvalue weighted by atomic mass is 9.82. The lowest BCUT2D eigenvalue weighted by Crippen LogP contribution is -2.45. The Balaban J connectivity index is 2.17. The van der Waals surface area contributed by atoms with Crippen LogP contribution in [0.4, 0.5) is 0 Å². The maximum absolute atomic E-state index is 12.6. The third kappa shape index (κ3) is 4.59. The van der Waals surface area contributed by atoms with Gasteiger partial charge in [-0.1, -0.05) is 56.3 Å². The SMILES string of the molecule is [2H]C(N)(C(=O)NCc1ccccc1)C(c1ccc(OC)cc1)C(C)C. The number of hydrogen-bond donors (Lipinski definition) is 2. The number of carbonyl (C=O) groups excluding carboxylic acids is 1. The second-order valence-corrected chi connectivity index (χ2v) is 6.12. The minimum absolute atomic E-state index is 0.0263. The summed E-state index contributed by atoms with van der Waals surface area (Å²) in [6.45, 7) is 4.29. The van der Waals surface area contributed by atoms with Gasteiger partial charge < -0.3 is 15.8 Å². The van der Waals surface area contributed by atoms with Crippen molar-refractivity contribution in [2.45, 2.75) is 32.3 Å². The molecule has 0 radical (unpaired) electrons. The van der Waals surface area contributed by atoms with E-state index in [0.29, 0.717) is 6.54 Å². The Morgan fingerprint density at radius 2 is 1.79 bits per heavy atom. The molecule has 24 heavy (non-hydrogen) atoms. The average molecular weight is 327 g/mol. The van der Waals surface area contributed by atoms with Gasteiger partial charge in [0, 0.05) is 12.5 Å². The van der Waals surface area contributed by atoms with Gasteiger partial charge in [-0.3, -0.25) is 4.79 Å². The van der Waals surface area contributed by atoms with Crippen molar-refractivity contribution < 1.29 is 10.9 Å². The summed E-state index contributed by atoms with van der Waals surface area (Å²) in [6, 6.07) is 15.2. The van der Waals surface area contributed by atoms with Crippen LogP contribution >= 0.6 is 0 Å². The van der Waals surface area contributed by atoms with Crippen molar-refractivity contribution >= 4 is 5.91 Å². The second kappa shape index (κ2) is 8.50. The Bertz CT molecular complexity index is 685. The number of rotatable bonds is 7. The van der Waals surface area contributed by atoms with Gasteiger partial charge in [0.05, 0.1) is 14.5 Å². The molecule has 0 aliphatic rings. The van der Waals surface area contributed by atoms with Crippen molar-refractivity contribution in [3.05, 3.63) is 65.7 Å². The molecule has 1 amide bonds. The zero-order valence-electron chi connectivity index (χ0n) is 15.5. The maximum atomic E-state index is 12.6.